The highest BCUT2D eigenvalue weighted by Crippen LogP contribution is 2.67. The van der Waals surface area contributed by atoms with Gasteiger partial charge in [0.05, 0.1) is 18.1 Å². The van der Waals surface area contributed by atoms with Gasteiger partial charge in [0.2, 0.25) is 0 Å². The van der Waals surface area contributed by atoms with Crippen LogP contribution in [0.25, 0.3) is 0 Å². The number of ketones is 1. The summed E-state index contributed by atoms with van der Waals surface area (Å²) in [7, 11) is 0. The zero-order valence-corrected chi connectivity index (χ0v) is 20.2. The fourth-order valence-electron chi connectivity index (χ4n) is 8.55. The Morgan fingerprint density at radius 1 is 1.12 bits per heavy atom. The summed E-state index contributed by atoms with van der Waals surface area (Å²) in [6, 6.07) is 0. The van der Waals surface area contributed by atoms with Crippen LogP contribution in [0, 0.1) is 46.3 Å². The number of rotatable bonds is 6. The first-order chi connectivity index (χ1) is 15.0. The molecular formula is C27H42O5. The van der Waals surface area contributed by atoms with E-state index in [9.17, 15) is 24.9 Å². The second-order valence-corrected chi connectivity index (χ2v) is 12.1. The Bertz CT molecular complexity index is 789. The minimum absolute atomic E-state index is 0.0555. The number of hydrogen-bond acceptors (Lipinski definition) is 4. The van der Waals surface area contributed by atoms with Gasteiger partial charge in [0.15, 0.2) is 5.78 Å². The van der Waals surface area contributed by atoms with E-state index in [0.29, 0.717) is 48.9 Å². The molecule has 4 aliphatic rings. The molecule has 5 nitrogen and oxygen atoms in total. The van der Waals surface area contributed by atoms with Crippen LogP contribution in [0.1, 0.15) is 85.5 Å². The molecule has 0 heterocycles. The van der Waals surface area contributed by atoms with E-state index in [1.54, 1.807) is 6.92 Å². The normalized spacial score (nSPS) is 44.0. The summed E-state index contributed by atoms with van der Waals surface area (Å²) < 4.78 is 0. The monoisotopic (exact) mass is 446 g/mol. The Kier molecular flexibility index (Phi) is 6.39. The van der Waals surface area contributed by atoms with Crippen LogP contribution in [-0.2, 0) is 9.59 Å². The lowest BCUT2D eigenvalue weighted by Crippen LogP contribution is -2.55. The fourth-order valence-corrected chi connectivity index (χ4v) is 8.55. The molecule has 0 spiro atoms. The molecule has 0 amide bonds. The van der Waals surface area contributed by atoms with Gasteiger partial charge in [0, 0.05) is 6.42 Å². The number of fused-ring (bicyclic) bond motifs is 5. The van der Waals surface area contributed by atoms with Crippen molar-refractivity contribution in [2.75, 3.05) is 0 Å². The molecule has 0 aromatic heterocycles. The fraction of sp³-hybridized carbons (Fsp3) is 0.852. The summed E-state index contributed by atoms with van der Waals surface area (Å²) in [6.45, 7) is 8.63. The third-order valence-electron chi connectivity index (χ3n) is 10.6. The Labute approximate surface area is 192 Å². The maximum atomic E-state index is 12.1. The minimum atomic E-state index is -0.936. The molecule has 10 atom stereocenters. The van der Waals surface area contributed by atoms with E-state index in [1.165, 1.54) is 5.57 Å². The number of hydrogen-bond donors (Lipinski definition) is 3. The quantitative estimate of drug-likeness (QED) is 0.554. The second-order valence-electron chi connectivity index (χ2n) is 12.1. The number of carboxylic acid groups (broad SMARTS) is 1. The number of aliphatic carboxylic acids is 1. The summed E-state index contributed by atoms with van der Waals surface area (Å²) in [5.41, 5.74) is 1.43. The van der Waals surface area contributed by atoms with E-state index in [0.717, 1.165) is 38.5 Å². The third-order valence-corrected chi connectivity index (χ3v) is 10.6. The van der Waals surface area contributed by atoms with E-state index in [-0.39, 0.29) is 22.7 Å². The first kappa shape index (κ1) is 23.9. The summed E-state index contributed by atoms with van der Waals surface area (Å²) in [5.74, 6) is 0.790. The Hall–Kier alpha value is -1.20. The van der Waals surface area contributed by atoms with Crippen LogP contribution in [-0.4, -0.2) is 39.3 Å². The average molecular weight is 447 g/mol. The van der Waals surface area contributed by atoms with Crippen molar-refractivity contribution in [3.05, 3.63) is 11.6 Å². The highest BCUT2D eigenvalue weighted by Gasteiger charge is 2.61. The van der Waals surface area contributed by atoms with Crippen LogP contribution in [0.3, 0.4) is 0 Å². The van der Waals surface area contributed by atoms with Crippen molar-refractivity contribution in [2.45, 2.75) is 97.7 Å². The Morgan fingerprint density at radius 3 is 2.53 bits per heavy atom. The molecule has 0 saturated heterocycles. The topological polar surface area (TPSA) is 94.8 Å². The van der Waals surface area contributed by atoms with Crippen LogP contribution in [0.5, 0.6) is 0 Å². The Morgan fingerprint density at radius 2 is 1.84 bits per heavy atom. The lowest BCUT2D eigenvalue weighted by molar-refractivity contribution is -0.145. The molecule has 0 bridgehead atoms. The highest BCUT2D eigenvalue weighted by atomic mass is 16.4. The standard InChI is InChI=1S/C27H42O5/c1-15(5-8-22(29)16(2)25(31)32)19-6-7-20-24-21(10-12-27(19,20)4)26(3)11-9-18(28)13-17(26)14-23(24)30/h13,15-16,19-24,29-30H,5-12,14H2,1-4H3,(H,31,32)/t15?,16?,19-,20+,21+,22?,23-,24+,26+,27-/m1/s1. The van der Waals surface area contributed by atoms with Crippen molar-refractivity contribution in [3.63, 3.8) is 0 Å². The third kappa shape index (κ3) is 3.77. The first-order valence-corrected chi connectivity index (χ1v) is 12.8. The maximum Gasteiger partial charge on any atom is 0.308 e. The molecule has 3 saturated carbocycles. The molecule has 4 aliphatic carbocycles. The van der Waals surface area contributed by atoms with Gasteiger partial charge in [0.1, 0.15) is 0 Å². The van der Waals surface area contributed by atoms with Gasteiger partial charge < -0.3 is 15.3 Å². The van der Waals surface area contributed by atoms with Crippen molar-refractivity contribution in [2.24, 2.45) is 46.3 Å². The molecule has 0 aromatic carbocycles. The summed E-state index contributed by atoms with van der Waals surface area (Å²) in [6.07, 6.45) is 8.84. The van der Waals surface area contributed by atoms with Crippen molar-refractivity contribution < 1.29 is 24.9 Å². The van der Waals surface area contributed by atoms with Gasteiger partial charge in [-0.3, -0.25) is 9.59 Å². The predicted octanol–water partition coefficient (Wildman–Crippen LogP) is 4.60. The van der Waals surface area contributed by atoms with Gasteiger partial charge in [-0.05, 0) is 105 Å². The van der Waals surface area contributed by atoms with Crippen molar-refractivity contribution in [1.29, 1.82) is 0 Å². The molecule has 180 valence electrons. The highest BCUT2D eigenvalue weighted by molar-refractivity contribution is 5.91. The summed E-state index contributed by atoms with van der Waals surface area (Å²) >= 11 is 0. The summed E-state index contributed by atoms with van der Waals surface area (Å²) in [4.78, 5) is 23.2. The van der Waals surface area contributed by atoms with E-state index in [2.05, 4.69) is 20.8 Å². The van der Waals surface area contributed by atoms with Crippen LogP contribution in [0.15, 0.2) is 11.6 Å². The van der Waals surface area contributed by atoms with Crippen LogP contribution in [0.2, 0.25) is 0 Å². The number of aliphatic hydroxyl groups excluding tert-OH is 2. The molecule has 3 N–H and O–H groups in total. The average Bonchev–Trinajstić information content (AvgIpc) is 3.09. The SMILES string of the molecule is CC(C(=O)O)C(O)CCC(C)[C@H]1CC[C@H]2[C@@H]3[C@H](O)CC4=CC(=O)CC[C@]4(C)[C@H]3CC[C@]12C. The molecular weight excluding hydrogens is 404 g/mol. The number of carbonyl (C=O) groups is 2. The van der Waals surface area contributed by atoms with Gasteiger partial charge in [-0.1, -0.05) is 26.3 Å². The van der Waals surface area contributed by atoms with Gasteiger partial charge in [-0.2, -0.15) is 0 Å². The smallest absolute Gasteiger partial charge is 0.308 e. The molecule has 3 fully saturated rings. The predicted molar refractivity (Wildman–Crippen MR) is 123 cm³/mol. The van der Waals surface area contributed by atoms with E-state index in [4.69, 9.17) is 0 Å². The zero-order valence-electron chi connectivity index (χ0n) is 20.2. The zero-order chi connectivity index (χ0) is 23.4. The summed E-state index contributed by atoms with van der Waals surface area (Å²) in [5, 5.41) is 30.7. The van der Waals surface area contributed by atoms with E-state index >= 15 is 0 Å². The second kappa shape index (κ2) is 8.54. The molecule has 3 unspecified atom stereocenters. The van der Waals surface area contributed by atoms with Crippen molar-refractivity contribution >= 4 is 11.8 Å². The molecule has 4 rings (SSSR count). The van der Waals surface area contributed by atoms with E-state index in [1.807, 2.05) is 6.08 Å². The first-order valence-electron chi connectivity index (χ1n) is 12.8. The molecule has 0 radical (unpaired) electrons. The molecule has 5 heteroatoms. The lowest BCUT2D eigenvalue weighted by Gasteiger charge is -2.60. The maximum absolute atomic E-state index is 12.1. The molecule has 32 heavy (non-hydrogen) atoms. The van der Waals surface area contributed by atoms with Gasteiger partial charge in [-0.15, -0.1) is 0 Å². The Balaban J connectivity index is 1.49. The molecule has 0 aliphatic heterocycles. The van der Waals surface area contributed by atoms with Crippen LogP contribution < -0.4 is 0 Å². The lowest BCUT2D eigenvalue weighted by atomic mass is 9.45. The van der Waals surface area contributed by atoms with Gasteiger partial charge in [-0.25, -0.2) is 0 Å². The van der Waals surface area contributed by atoms with Crippen LogP contribution >= 0.6 is 0 Å². The number of carboxylic acids is 1. The van der Waals surface area contributed by atoms with Crippen molar-refractivity contribution in [3.8, 4) is 0 Å². The number of carbonyl (C=O) groups excluding carboxylic acids is 1. The van der Waals surface area contributed by atoms with Crippen LogP contribution in [0.4, 0.5) is 0 Å². The minimum Gasteiger partial charge on any atom is -0.481 e. The van der Waals surface area contributed by atoms with E-state index < -0.39 is 18.0 Å². The van der Waals surface area contributed by atoms with Crippen molar-refractivity contribution in [1.82, 2.24) is 0 Å². The molecule has 0 aromatic rings. The van der Waals surface area contributed by atoms with Gasteiger partial charge >= 0.3 is 5.97 Å². The largest absolute Gasteiger partial charge is 0.481 e. The van der Waals surface area contributed by atoms with Gasteiger partial charge in [0.25, 0.3) is 0 Å². The number of aliphatic hydroxyl groups is 2.